The van der Waals surface area contributed by atoms with E-state index in [1.807, 2.05) is 12.1 Å². The molecule has 6 rings (SSSR count). The smallest absolute Gasteiger partial charge is 0.253 e. The molecule has 5 aliphatic rings. The average molecular weight is 354 g/mol. The lowest BCUT2D eigenvalue weighted by molar-refractivity contribution is -0.0167. The van der Waals surface area contributed by atoms with E-state index in [1.165, 1.54) is 64.2 Å². The molecule has 4 aliphatic carbocycles. The van der Waals surface area contributed by atoms with E-state index in [-0.39, 0.29) is 11.4 Å². The van der Waals surface area contributed by atoms with E-state index >= 15 is 0 Å². The van der Waals surface area contributed by atoms with E-state index < -0.39 is 0 Å². The third-order valence-corrected chi connectivity index (χ3v) is 7.36. The maximum absolute atomic E-state index is 12.9. The minimum absolute atomic E-state index is 0.0787. The normalized spacial score (nSPS) is 36.0. The van der Waals surface area contributed by atoms with Crippen LogP contribution in [-0.2, 0) is 0 Å². The summed E-state index contributed by atoms with van der Waals surface area (Å²) in [5.41, 5.74) is 0.800. The number of rotatable bonds is 3. The van der Waals surface area contributed by atoms with Gasteiger partial charge in [-0.25, -0.2) is 4.98 Å². The van der Waals surface area contributed by atoms with Crippen molar-refractivity contribution >= 4 is 11.7 Å². The maximum Gasteiger partial charge on any atom is 0.253 e. The molecule has 5 fully saturated rings. The molecule has 4 nitrogen and oxygen atoms in total. The molecule has 0 atom stereocenters. The zero-order valence-electron chi connectivity index (χ0n) is 15.8. The van der Waals surface area contributed by atoms with Crippen LogP contribution >= 0.6 is 0 Å². The molecule has 0 radical (unpaired) electrons. The summed E-state index contributed by atoms with van der Waals surface area (Å²) in [6, 6.07) is 4.02. The van der Waals surface area contributed by atoms with Crippen molar-refractivity contribution in [3.8, 4) is 0 Å². The molecule has 1 N–H and O–H groups in total. The van der Waals surface area contributed by atoms with Crippen LogP contribution in [0.25, 0.3) is 0 Å². The van der Waals surface area contributed by atoms with E-state index in [2.05, 4.69) is 15.2 Å². The van der Waals surface area contributed by atoms with Crippen molar-refractivity contribution in [3.05, 3.63) is 23.9 Å². The Balaban J connectivity index is 1.27. The highest BCUT2D eigenvalue weighted by Crippen LogP contribution is 2.55. The highest BCUT2D eigenvalue weighted by molar-refractivity contribution is 5.94. The molecule has 26 heavy (non-hydrogen) atoms. The van der Waals surface area contributed by atoms with Crippen LogP contribution in [0.15, 0.2) is 18.3 Å². The molecule has 1 aliphatic heterocycles. The minimum atomic E-state index is 0.0787. The summed E-state index contributed by atoms with van der Waals surface area (Å²) in [7, 11) is 0. The maximum atomic E-state index is 12.9. The van der Waals surface area contributed by atoms with Gasteiger partial charge in [-0.2, -0.15) is 0 Å². The van der Waals surface area contributed by atoms with Gasteiger partial charge >= 0.3 is 0 Å². The van der Waals surface area contributed by atoms with Gasteiger partial charge in [0.15, 0.2) is 0 Å². The second-order valence-electron chi connectivity index (χ2n) is 9.46. The molecule has 1 amide bonds. The fourth-order valence-electron chi connectivity index (χ4n) is 6.58. The van der Waals surface area contributed by atoms with Gasteiger partial charge in [0.25, 0.3) is 5.91 Å². The third-order valence-electron chi connectivity index (χ3n) is 7.36. The Morgan fingerprint density at radius 2 is 1.58 bits per heavy atom. The fourth-order valence-corrected chi connectivity index (χ4v) is 6.58. The van der Waals surface area contributed by atoms with Crippen molar-refractivity contribution in [3.63, 3.8) is 0 Å². The van der Waals surface area contributed by atoms with Gasteiger partial charge < -0.3 is 10.2 Å². The first-order chi connectivity index (χ1) is 12.7. The lowest BCUT2D eigenvalue weighted by Crippen LogP contribution is -2.59. The zero-order chi connectivity index (χ0) is 17.6. The molecule has 4 bridgehead atoms. The average Bonchev–Trinajstić information content (AvgIpc) is 2.89. The van der Waals surface area contributed by atoms with Crippen LogP contribution in [0.5, 0.6) is 0 Å². The summed E-state index contributed by atoms with van der Waals surface area (Å²) in [4.78, 5) is 19.9. The molecule has 4 heteroatoms. The molecule has 140 valence electrons. The van der Waals surface area contributed by atoms with Crippen molar-refractivity contribution in [2.75, 3.05) is 18.0 Å². The van der Waals surface area contributed by atoms with E-state index in [1.54, 1.807) is 6.20 Å². The topological polar surface area (TPSA) is 45.2 Å². The SMILES string of the molecule is O=C(NC12CC3CC(CC(C3)C1)C2)c1ccc(N2CCCCCC2)nc1. The predicted octanol–water partition coefficient (Wildman–Crippen LogP) is 4.16. The summed E-state index contributed by atoms with van der Waals surface area (Å²) in [6.45, 7) is 2.18. The Morgan fingerprint density at radius 1 is 0.962 bits per heavy atom. The summed E-state index contributed by atoms with van der Waals surface area (Å²) in [5, 5.41) is 3.46. The van der Waals surface area contributed by atoms with Crippen molar-refractivity contribution < 1.29 is 4.79 Å². The van der Waals surface area contributed by atoms with Gasteiger partial charge in [-0.15, -0.1) is 0 Å². The molecule has 4 saturated carbocycles. The second kappa shape index (κ2) is 6.54. The van der Waals surface area contributed by atoms with Gasteiger partial charge in [-0.1, -0.05) is 12.8 Å². The number of nitrogens with zero attached hydrogens (tertiary/aromatic N) is 2. The Labute approximate surface area is 156 Å². The number of carbonyl (C=O) groups excluding carboxylic acids is 1. The van der Waals surface area contributed by atoms with Crippen molar-refractivity contribution in [2.45, 2.75) is 69.7 Å². The number of nitrogens with one attached hydrogen (secondary N) is 1. The van der Waals surface area contributed by atoms with Crippen LogP contribution < -0.4 is 10.2 Å². The summed E-state index contributed by atoms with van der Waals surface area (Å²) in [6.07, 6.45) is 14.7. The zero-order valence-corrected chi connectivity index (χ0v) is 15.8. The van der Waals surface area contributed by atoms with Crippen molar-refractivity contribution in [1.29, 1.82) is 0 Å². The van der Waals surface area contributed by atoms with Gasteiger partial charge in [-0.3, -0.25) is 4.79 Å². The Morgan fingerprint density at radius 3 is 2.12 bits per heavy atom. The largest absolute Gasteiger partial charge is 0.357 e. The summed E-state index contributed by atoms with van der Waals surface area (Å²) < 4.78 is 0. The molecule has 0 unspecified atom stereocenters. The van der Waals surface area contributed by atoms with E-state index in [0.29, 0.717) is 0 Å². The van der Waals surface area contributed by atoms with Crippen LogP contribution in [0.2, 0.25) is 0 Å². The Bertz CT molecular complexity index is 625. The number of hydrogen-bond acceptors (Lipinski definition) is 3. The number of pyridine rings is 1. The van der Waals surface area contributed by atoms with Gasteiger partial charge in [0.1, 0.15) is 5.82 Å². The van der Waals surface area contributed by atoms with Crippen molar-refractivity contribution in [2.24, 2.45) is 17.8 Å². The molecule has 0 aromatic carbocycles. The Hall–Kier alpha value is -1.58. The highest BCUT2D eigenvalue weighted by atomic mass is 16.1. The van der Waals surface area contributed by atoms with Crippen LogP contribution in [0, 0.1) is 17.8 Å². The van der Waals surface area contributed by atoms with Gasteiger partial charge in [0.05, 0.1) is 5.56 Å². The summed E-state index contributed by atoms with van der Waals surface area (Å²) in [5.74, 6) is 3.67. The molecule has 0 spiro atoms. The van der Waals surface area contributed by atoms with Gasteiger partial charge in [0.2, 0.25) is 0 Å². The lowest BCUT2D eigenvalue weighted by Gasteiger charge is -2.56. The minimum Gasteiger partial charge on any atom is -0.357 e. The van der Waals surface area contributed by atoms with E-state index in [0.717, 1.165) is 42.2 Å². The molecule has 1 saturated heterocycles. The first-order valence-corrected chi connectivity index (χ1v) is 10.7. The molecule has 2 heterocycles. The monoisotopic (exact) mass is 353 g/mol. The second-order valence-corrected chi connectivity index (χ2v) is 9.46. The third kappa shape index (κ3) is 3.12. The molecular weight excluding hydrogens is 322 g/mol. The fraction of sp³-hybridized carbons (Fsp3) is 0.727. The number of anilines is 1. The first-order valence-electron chi connectivity index (χ1n) is 10.7. The molecular formula is C22H31N3O. The van der Waals surface area contributed by atoms with Gasteiger partial charge in [-0.05, 0) is 81.3 Å². The van der Waals surface area contributed by atoms with Crippen LogP contribution in [0.4, 0.5) is 5.82 Å². The Kier molecular flexibility index (Phi) is 4.17. The van der Waals surface area contributed by atoms with E-state index in [9.17, 15) is 4.79 Å². The number of aromatic nitrogens is 1. The first kappa shape index (κ1) is 16.6. The van der Waals surface area contributed by atoms with Crippen LogP contribution in [0.3, 0.4) is 0 Å². The van der Waals surface area contributed by atoms with Crippen LogP contribution in [0.1, 0.15) is 74.6 Å². The number of carbonyl (C=O) groups is 1. The lowest BCUT2D eigenvalue weighted by atomic mass is 9.53. The highest BCUT2D eigenvalue weighted by Gasteiger charge is 2.51. The van der Waals surface area contributed by atoms with E-state index in [4.69, 9.17) is 0 Å². The molecule has 1 aromatic heterocycles. The predicted molar refractivity (Wildman–Crippen MR) is 103 cm³/mol. The van der Waals surface area contributed by atoms with Crippen LogP contribution in [-0.4, -0.2) is 29.5 Å². The standard InChI is InChI=1S/C22H31N3O/c26-21(24-22-12-16-9-17(13-22)11-18(10-16)14-22)19-5-6-20(23-15-19)25-7-3-1-2-4-8-25/h5-6,15-18H,1-4,7-14H2,(H,24,26). The van der Waals surface area contributed by atoms with Crippen molar-refractivity contribution in [1.82, 2.24) is 10.3 Å². The quantitative estimate of drug-likeness (QED) is 0.887. The molecule has 1 aromatic rings. The number of hydrogen-bond donors (Lipinski definition) is 1. The summed E-state index contributed by atoms with van der Waals surface area (Å²) >= 11 is 0. The van der Waals surface area contributed by atoms with Gasteiger partial charge in [0, 0.05) is 24.8 Å². The number of amides is 1.